The van der Waals surface area contributed by atoms with Gasteiger partial charge in [-0.15, -0.1) is 0 Å². The van der Waals surface area contributed by atoms with Crippen LogP contribution >= 0.6 is 0 Å². The Morgan fingerprint density at radius 2 is 1.73 bits per heavy atom. The van der Waals surface area contributed by atoms with Gasteiger partial charge in [0, 0.05) is 17.4 Å². The van der Waals surface area contributed by atoms with E-state index in [0.717, 1.165) is 23.4 Å². The van der Waals surface area contributed by atoms with Gasteiger partial charge in [-0.3, -0.25) is 14.4 Å². The van der Waals surface area contributed by atoms with Gasteiger partial charge in [-0.25, -0.2) is 14.9 Å². The molecule has 0 saturated carbocycles. The second-order valence-electron chi connectivity index (χ2n) is 6.31. The maximum absolute atomic E-state index is 12.8. The zero-order chi connectivity index (χ0) is 21.5. The molecule has 1 aromatic heterocycles. The van der Waals surface area contributed by atoms with Crippen molar-refractivity contribution in [2.24, 2.45) is 0 Å². The van der Waals surface area contributed by atoms with Crippen molar-refractivity contribution in [3.63, 3.8) is 0 Å². The second kappa shape index (κ2) is 7.07. The predicted octanol–water partition coefficient (Wildman–Crippen LogP) is 3.55. The van der Waals surface area contributed by atoms with Gasteiger partial charge in [0.2, 0.25) is 0 Å². The number of alkyl halides is 3. The number of fused-ring (bicyclic) bond motifs is 1. The van der Waals surface area contributed by atoms with Gasteiger partial charge in [0.1, 0.15) is 12.0 Å². The summed E-state index contributed by atoms with van der Waals surface area (Å²) in [6, 6.07) is 9.73. The van der Waals surface area contributed by atoms with E-state index in [1.54, 1.807) is 0 Å². The Morgan fingerprint density at radius 3 is 2.40 bits per heavy atom. The van der Waals surface area contributed by atoms with Crippen molar-refractivity contribution >= 4 is 29.1 Å². The van der Waals surface area contributed by atoms with Crippen LogP contribution in [0.4, 0.5) is 24.5 Å². The van der Waals surface area contributed by atoms with Crippen LogP contribution in [0.2, 0.25) is 0 Å². The van der Waals surface area contributed by atoms with Gasteiger partial charge >= 0.3 is 6.18 Å². The monoisotopic (exact) mass is 412 g/mol. The predicted molar refractivity (Wildman–Crippen MR) is 99.0 cm³/mol. The van der Waals surface area contributed by atoms with Crippen LogP contribution in [0.5, 0.6) is 0 Å². The molecule has 0 aliphatic carbocycles. The first-order chi connectivity index (χ1) is 14.3. The number of aromatic nitrogens is 2. The Hall–Kier alpha value is -4.08. The molecular weight excluding hydrogens is 401 g/mol. The van der Waals surface area contributed by atoms with Gasteiger partial charge in [0.25, 0.3) is 17.7 Å². The molecule has 3 aromatic rings. The lowest BCUT2D eigenvalue weighted by Crippen LogP contribution is -2.29. The molecule has 0 saturated heterocycles. The Morgan fingerprint density at radius 1 is 1.00 bits per heavy atom. The summed E-state index contributed by atoms with van der Waals surface area (Å²) in [4.78, 5) is 45.7. The molecule has 30 heavy (non-hydrogen) atoms. The highest BCUT2D eigenvalue weighted by atomic mass is 19.4. The molecule has 1 N–H and O–H groups in total. The molecule has 150 valence electrons. The number of rotatable bonds is 3. The molecule has 10 heteroatoms. The van der Waals surface area contributed by atoms with Crippen LogP contribution in [0.25, 0.3) is 0 Å². The number of hydrogen-bond donors (Lipinski definition) is 1. The van der Waals surface area contributed by atoms with E-state index in [2.05, 4.69) is 15.3 Å². The standard InChI is InChI=1S/C20H11F3N4O3/c21-20(22,23)12-2-1-3-13(8-12)26-17(28)11-4-6-14(7-5-11)27-18(29)15-9-24-10-25-16(15)19(27)30/h1-10H,(H,26,28). The van der Waals surface area contributed by atoms with Crippen LogP contribution in [0.15, 0.2) is 61.1 Å². The number of nitrogens with zero attached hydrogens (tertiary/aromatic N) is 3. The van der Waals surface area contributed by atoms with E-state index in [4.69, 9.17) is 0 Å². The number of carbonyl (C=O) groups is 3. The molecule has 0 fully saturated rings. The molecule has 2 aromatic carbocycles. The van der Waals surface area contributed by atoms with Gasteiger partial charge in [-0.2, -0.15) is 13.2 Å². The highest BCUT2D eigenvalue weighted by Crippen LogP contribution is 2.31. The summed E-state index contributed by atoms with van der Waals surface area (Å²) in [6.07, 6.45) is -2.12. The summed E-state index contributed by atoms with van der Waals surface area (Å²) in [6.45, 7) is 0. The normalized spacial score (nSPS) is 13.4. The van der Waals surface area contributed by atoms with Crippen molar-refractivity contribution < 1.29 is 27.6 Å². The van der Waals surface area contributed by atoms with Crippen LogP contribution in [-0.4, -0.2) is 27.7 Å². The molecule has 0 bridgehead atoms. The quantitative estimate of drug-likeness (QED) is 0.665. The summed E-state index contributed by atoms with van der Waals surface area (Å²) in [5, 5.41) is 2.39. The van der Waals surface area contributed by atoms with E-state index in [1.807, 2.05) is 0 Å². The highest BCUT2D eigenvalue weighted by molar-refractivity contribution is 6.33. The summed E-state index contributed by atoms with van der Waals surface area (Å²) in [5.74, 6) is -1.84. The molecule has 0 atom stereocenters. The van der Waals surface area contributed by atoms with Gasteiger partial charge in [-0.1, -0.05) is 6.07 Å². The van der Waals surface area contributed by atoms with Crippen molar-refractivity contribution in [2.75, 3.05) is 10.2 Å². The van der Waals surface area contributed by atoms with E-state index in [1.165, 1.54) is 42.6 Å². The first-order valence-electron chi connectivity index (χ1n) is 8.53. The fourth-order valence-electron chi connectivity index (χ4n) is 2.95. The molecule has 1 aliphatic rings. The summed E-state index contributed by atoms with van der Waals surface area (Å²) in [5.41, 5.74) is -0.483. The molecule has 3 amide bonds. The lowest BCUT2D eigenvalue weighted by Gasteiger charge is -2.14. The van der Waals surface area contributed by atoms with Crippen molar-refractivity contribution in [2.45, 2.75) is 6.18 Å². The van der Waals surface area contributed by atoms with Gasteiger partial charge in [0.15, 0.2) is 0 Å². The average Bonchev–Trinajstić information content (AvgIpc) is 2.98. The minimum absolute atomic E-state index is 0.0126. The topological polar surface area (TPSA) is 92.3 Å². The van der Waals surface area contributed by atoms with Crippen LogP contribution < -0.4 is 10.2 Å². The number of hydrogen-bond acceptors (Lipinski definition) is 5. The largest absolute Gasteiger partial charge is 0.416 e. The molecule has 1 aliphatic heterocycles. The lowest BCUT2D eigenvalue weighted by atomic mass is 10.1. The molecule has 4 rings (SSSR count). The van der Waals surface area contributed by atoms with E-state index < -0.39 is 29.5 Å². The van der Waals surface area contributed by atoms with Gasteiger partial charge in [0.05, 0.1) is 16.8 Å². The van der Waals surface area contributed by atoms with Crippen molar-refractivity contribution in [1.82, 2.24) is 9.97 Å². The number of anilines is 2. The Kier molecular flexibility index (Phi) is 4.53. The third-order valence-corrected chi connectivity index (χ3v) is 4.39. The van der Waals surface area contributed by atoms with E-state index >= 15 is 0 Å². The molecule has 7 nitrogen and oxygen atoms in total. The zero-order valence-electron chi connectivity index (χ0n) is 15.0. The smallest absolute Gasteiger partial charge is 0.322 e. The molecule has 0 radical (unpaired) electrons. The average molecular weight is 412 g/mol. The van der Waals surface area contributed by atoms with Crippen molar-refractivity contribution in [3.05, 3.63) is 83.4 Å². The van der Waals surface area contributed by atoms with E-state index in [-0.39, 0.29) is 28.2 Å². The Balaban J connectivity index is 1.53. The molecule has 2 heterocycles. The maximum atomic E-state index is 12.8. The van der Waals surface area contributed by atoms with Crippen LogP contribution in [0.1, 0.15) is 36.8 Å². The first-order valence-corrected chi connectivity index (χ1v) is 8.53. The number of amides is 3. The number of halogens is 3. The third kappa shape index (κ3) is 3.39. The lowest BCUT2D eigenvalue weighted by molar-refractivity contribution is -0.137. The van der Waals surface area contributed by atoms with Crippen LogP contribution in [-0.2, 0) is 6.18 Å². The number of benzene rings is 2. The Labute approximate surface area is 167 Å². The zero-order valence-corrected chi connectivity index (χ0v) is 15.0. The van der Waals surface area contributed by atoms with Gasteiger partial charge in [-0.05, 0) is 42.5 Å². The maximum Gasteiger partial charge on any atom is 0.416 e. The third-order valence-electron chi connectivity index (χ3n) is 4.39. The summed E-state index contributed by atoms with van der Waals surface area (Å²) < 4.78 is 38.4. The highest BCUT2D eigenvalue weighted by Gasteiger charge is 2.38. The van der Waals surface area contributed by atoms with Crippen LogP contribution in [0.3, 0.4) is 0 Å². The van der Waals surface area contributed by atoms with E-state index in [0.29, 0.717) is 0 Å². The Bertz CT molecular complexity index is 1140. The number of imide groups is 1. The van der Waals surface area contributed by atoms with Gasteiger partial charge < -0.3 is 5.32 Å². The second-order valence-corrected chi connectivity index (χ2v) is 6.31. The summed E-state index contributed by atoms with van der Waals surface area (Å²) in [7, 11) is 0. The SMILES string of the molecule is O=C(Nc1cccc(C(F)(F)F)c1)c1ccc(N2C(=O)c3cncnc3C2=O)cc1. The van der Waals surface area contributed by atoms with Crippen molar-refractivity contribution in [1.29, 1.82) is 0 Å². The summed E-state index contributed by atoms with van der Waals surface area (Å²) >= 11 is 0. The number of carbonyl (C=O) groups excluding carboxylic acids is 3. The molecule has 0 spiro atoms. The van der Waals surface area contributed by atoms with E-state index in [9.17, 15) is 27.6 Å². The fourth-order valence-corrected chi connectivity index (χ4v) is 2.95. The minimum atomic E-state index is -4.53. The fraction of sp³-hybridized carbons (Fsp3) is 0.0500. The van der Waals surface area contributed by atoms with Crippen LogP contribution in [0, 0.1) is 0 Å². The molecular formula is C20H11F3N4O3. The first kappa shape index (κ1) is 19.2. The minimum Gasteiger partial charge on any atom is -0.322 e. The van der Waals surface area contributed by atoms with Crippen molar-refractivity contribution in [3.8, 4) is 0 Å². The number of nitrogens with one attached hydrogen (secondary N) is 1. The molecule has 0 unspecified atom stereocenters.